The van der Waals surface area contributed by atoms with Crippen LogP contribution in [0.1, 0.15) is 29.5 Å². The van der Waals surface area contributed by atoms with Gasteiger partial charge in [0.1, 0.15) is 10.8 Å². The summed E-state index contributed by atoms with van der Waals surface area (Å²) >= 11 is 5.91. The van der Waals surface area contributed by atoms with Gasteiger partial charge in [0.15, 0.2) is 0 Å². The normalized spacial score (nSPS) is 24.2. The minimum absolute atomic E-state index is 0.104. The minimum atomic E-state index is -0.492. The molecule has 0 amide bonds. The van der Waals surface area contributed by atoms with Crippen molar-refractivity contribution in [2.45, 2.75) is 18.4 Å². The summed E-state index contributed by atoms with van der Waals surface area (Å²) in [5, 5.41) is 14.5. The number of allylic oxidation sites excluding steroid dienone is 2. The fourth-order valence-corrected chi connectivity index (χ4v) is 3.96. The first-order chi connectivity index (χ1) is 11.6. The quantitative estimate of drug-likeness (QED) is 0.462. The largest absolute Gasteiger partial charge is 0.375 e. The Morgan fingerprint density at radius 2 is 2.12 bits per heavy atom. The van der Waals surface area contributed by atoms with E-state index in [0.29, 0.717) is 5.69 Å². The highest BCUT2D eigenvalue weighted by molar-refractivity contribution is 6.32. The van der Waals surface area contributed by atoms with E-state index in [2.05, 4.69) is 17.5 Å². The van der Waals surface area contributed by atoms with E-state index in [-0.39, 0.29) is 34.4 Å². The van der Waals surface area contributed by atoms with Crippen LogP contribution >= 0.6 is 11.6 Å². The predicted molar refractivity (Wildman–Crippen MR) is 90.9 cm³/mol. The molecule has 1 aliphatic heterocycles. The summed E-state index contributed by atoms with van der Waals surface area (Å²) in [6.45, 7) is 0. The molecule has 0 aromatic heterocycles. The Labute approximate surface area is 143 Å². The molecule has 6 heteroatoms. The first kappa shape index (κ1) is 15.1. The number of anilines is 1. The van der Waals surface area contributed by atoms with Crippen LogP contribution in [0.4, 0.5) is 15.8 Å². The van der Waals surface area contributed by atoms with Gasteiger partial charge >= 0.3 is 0 Å². The van der Waals surface area contributed by atoms with Gasteiger partial charge in [-0.25, -0.2) is 4.39 Å². The maximum absolute atomic E-state index is 14.3. The van der Waals surface area contributed by atoms with Crippen LogP contribution in [0.15, 0.2) is 48.6 Å². The molecule has 1 N–H and O–H groups in total. The number of rotatable bonds is 2. The molecule has 1 aliphatic carbocycles. The molecule has 24 heavy (non-hydrogen) atoms. The van der Waals surface area contributed by atoms with E-state index in [1.165, 1.54) is 18.2 Å². The molecule has 3 atom stereocenters. The summed E-state index contributed by atoms with van der Waals surface area (Å²) in [6, 6.07) is 9.66. The number of para-hydroxylation sites is 1. The first-order valence-electron chi connectivity index (χ1n) is 7.71. The van der Waals surface area contributed by atoms with Crippen molar-refractivity contribution in [2.24, 2.45) is 5.92 Å². The zero-order valence-corrected chi connectivity index (χ0v) is 13.3. The van der Waals surface area contributed by atoms with Crippen LogP contribution in [0.25, 0.3) is 0 Å². The Bertz CT molecular complexity index is 868. The number of nitro benzene ring substituents is 1. The average molecular weight is 345 g/mol. The molecule has 4 nitrogen and oxygen atoms in total. The van der Waals surface area contributed by atoms with E-state index >= 15 is 0 Å². The van der Waals surface area contributed by atoms with Crippen LogP contribution in [0.5, 0.6) is 0 Å². The van der Waals surface area contributed by atoms with Crippen LogP contribution in [-0.4, -0.2) is 4.92 Å². The zero-order valence-electron chi connectivity index (χ0n) is 12.6. The van der Waals surface area contributed by atoms with Crippen molar-refractivity contribution in [3.63, 3.8) is 0 Å². The number of benzene rings is 2. The topological polar surface area (TPSA) is 55.2 Å². The van der Waals surface area contributed by atoms with Crippen molar-refractivity contribution in [2.75, 3.05) is 5.32 Å². The van der Waals surface area contributed by atoms with Crippen molar-refractivity contribution >= 4 is 23.0 Å². The van der Waals surface area contributed by atoms with Gasteiger partial charge in [-0.15, -0.1) is 0 Å². The van der Waals surface area contributed by atoms with Gasteiger partial charge in [0.05, 0.1) is 16.7 Å². The fraction of sp³-hybridized carbons (Fsp3) is 0.222. The summed E-state index contributed by atoms with van der Waals surface area (Å²) in [5.74, 6) is -0.00326. The number of nitrogens with one attached hydrogen (secondary N) is 1. The third kappa shape index (κ3) is 2.27. The van der Waals surface area contributed by atoms with Crippen molar-refractivity contribution < 1.29 is 9.31 Å². The van der Waals surface area contributed by atoms with Gasteiger partial charge < -0.3 is 5.32 Å². The second kappa shape index (κ2) is 5.60. The Hall–Kier alpha value is -2.40. The summed E-state index contributed by atoms with van der Waals surface area (Å²) in [5.41, 5.74) is 2.04. The lowest BCUT2D eigenvalue weighted by atomic mass is 9.77. The summed E-state index contributed by atoms with van der Waals surface area (Å²) in [6.07, 6.45) is 5.03. The molecule has 2 aromatic rings. The van der Waals surface area contributed by atoms with Crippen LogP contribution in [0.2, 0.25) is 5.02 Å². The van der Waals surface area contributed by atoms with E-state index < -0.39 is 4.92 Å². The monoisotopic (exact) mass is 344 g/mol. The molecule has 4 rings (SSSR count). The third-order valence-electron chi connectivity index (χ3n) is 4.87. The molecule has 0 bridgehead atoms. The molecule has 0 unspecified atom stereocenters. The molecule has 0 saturated carbocycles. The second-order valence-electron chi connectivity index (χ2n) is 6.15. The highest BCUT2D eigenvalue weighted by Gasteiger charge is 2.39. The Kier molecular flexibility index (Phi) is 3.53. The van der Waals surface area contributed by atoms with E-state index in [1.54, 1.807) is 12.1 Å². The van der Waals surface area contributed by atoms with E-state index in [9.17, 15) is 14.5 Å². The summed E-state index contributed by atoms with van der Waals surface area (Å²) in [7, 11) is 0. The van der Waals surface area contributed by atoms with Gasteiger partial charge in [-0.1, -0.05) is 42.0 Å². The van der Waals surface area contributed by atoms with Crippen LogP contribution < -0.4 is 5.32 Å². The van der Waals surface area contributed by atoms with E-state index in [1.807, 2.05) is 6.07 Å². The number of nitro groups is 1. The van der Waals surface area contributed by atoms with Crippen LogP contribution in [0, 0.1) is 21.8 Å². The van der Waals surface area contributed by atoms with E-state index in [4.69, 9.17) is 11.6 Å². The number of fused-ring (bicyclic) bond motifs is 3. The van der Waals surface area contributed by atoms with E-state index in [0.717, 1.165) is 17.5 Å². The number of hydrogen-bond acceptors (Lipinski definition) is 3. The lowest BCUT2D eigenvalue weighted by Crippen LogP contribution is -2.29. The van der Waals surface area contributed by atoms with Crippen LogP contribution in [-0.2, 0) is 0 Å². The molecule has 0 saturated heterocycles. The van der Waals surface area contributed by atoms with Crippen molar-refractivity contribution in [1.29, 1.82) is 0 Å². The molecule has 2 aromatic carbocycles. The molecule has 1 heterocycles. The van der Waals surface area contributed by atoms with Gasteiger partial charge in [0.25, 0.3) is 5.69 Å². The molecule has 0 spiro atoms. The number of halogens is 2. The Balaban J connectivity index is 1.81. The second-order valence-corrected chi connectivity index (χ2v) is 6.55. The van der Waals surface area contributed by atoms with Gasteiger partial charge in [0.2, 0.25) is 0 Å². The predicted octanol–water partition coefficient (Wildman–Crippen LogP) is 5.21. The Morgan fingerprint density at radius 1 is 1.29 bits per heavy atom. The minimum Gasteiger partial charge on any atom is -0.375 e. The smallest absolute Gasteiger partial charge is 0.288 e. The number of nitrogens with zero attached hydrogens (tertiary/aromatic N) is 1. The van der Waals surface area contributed by atoms with Crippen LogP contribution in [0.3, 0.4) is 0 Å². The van der Waals surface area contributed by atoms with Gasteiger partial charge in [0, 0.05) is 12.0 Å². The molecular weight excluding hydrogens is 331 g/mol. The molecule has 0 radical (unpaired) electrons. The van der Waals surface area contributed by atoms with Crippen molar-refractivity contribution in [1.82, 2.24) is 0 Å². The molecular formula is C18H14ClFN2O2. The first-order valence-corrected chi connectivity index (χ1v) is 8.09. The van der Waals surface area contributed by atoms with Crippen molar-refractivity contribution in [3.8, 4) is 0 Å². The standard InChI is InChI=1S/C18H14ClFN2O2/c19-14-8-7-10(9-16(14)22(23)24)17-12-4-1-3-11(12)13-5-2-6-15(20)18(13)21-17/h1-3,5-9,11-12,17,21H,4H2/t11-,12+,17-/m0/s1. The summed E-state index contributed by atoms with van der Waals surface area (Å²) in [4.78, 5) is 10.7. The van der Waals surface area contributed by atoms with Crippen molar-refractivity contribution in [3.05, 3.63) is 80.6 Å². The highest BCUT2D eigenvalue weighted by atomic mass is 35.5. The zero-order chi connectivity index (χ0) is 16.8. The maximum atomic E-state index is 14.3. The summed E-state index contributed by atoms with van der Waals surface area (Å²) < 4.78 is 14.3. The lowest BCUT2D eigenvalue weighted by molar-refractivity contribution is -0.384. The Morgan fingerprint density at radius 3 is 2.92 bits per heavy atom. The maximum Gasteiger partial charge on any atom is 0.288 e. The number of hydrogen-bond donors (Lipinski definition) is 1. The van der Waals surface area contributed by atoms with Gasteiger partial charge in [-0.05, 0) is 35.6 Å². The molecule has 0 fully saturated rings. The third-order valence-corrected chi connectivity index (χ3v) is 5.19. The van der Waals surface area contributed by atoms with Gasteiger partial charge in [-0.3, -0.25) is 10.1 Å². The molecule has 122 valence electrons. The molecule has 2 aliphatic rings. The fourth-order valence-electron chi connectivity index (χ4n) is 3.78. The average Bonchev–Trinajstić information content (AvgIpc) is 3.05. The highest BCUT2D eigenvalue weighted by Crippen LogP contribution is 2.50. The van der Waals surface area contributed by atoms with Gasteiger partial charge in [-0.2, -0.15) is 0 Å². The lowest BCUT2D eigenvalue weighted by Gasteiger charge is -2.37. The SMILES string of the molecule is O=[N+]([O-])c1cc([C@@H]2Nc3c(F)cccc3[C@H]3C=CC[C@H]32)ccc1Cl.